The number of carbonyl (C=O) groups excluding carboxylic acids is 1. The molecule has 0 atom stereocenters. The summed E-state index contributed by atoms with van der Waals surface area (Å²) in [5, 5.41) is 17.0. The van der Waals surface area contributed by atoms with Gasteiger partial charge in [-0.05, 0) is 46.8 Å². The van der Waals surface area contributed by atoms with Crippen molar-refractivity contribution in [1.82, 2.24) is 9.55 Å². The van der Waals surface area contributed by atoms with Crippen molar-refractivity contribution in [1.29, 1.82) is 0 Å². The van der Waals surface area contributed by atoms with Gasteiger partial charge in [0.2, 0.25) is 0 Å². The number of aromatic nitrogens is 2. The molecule has 4 aromatic rings. The third kappa shape index (κ3) is 3.97. The summed E-state index contributed by atoms with van der Waals surface area (Å²) in [6.45, 7) is 0. The molecule has 29 heavy (non-hydrogen) atoms. The van der Waals surface area contributed by atoms with Gasteiger partial charge < -0.3 is 9.88 Å². The van der Waals surface area contributed by atoms with E-state index < -0.39 is 10.8 Å². The Labute approximate surface area is 170 Å². The number of aryl methyl sites for hydroxylation is 1. The van der Waals surface area contributed by atoms with Crippen LogP contribution in [0.2, 0.25) is 0 Å². The molecule has 0 saturated carbocycles. The molecule has 4 rings (SSSR count). The van der Waals surface area contributed by atoms with Crippen molar-refractivity contribution in [3.05, 3.63) is 88.7 Å². The van der Waals surface area contributed by atoms with Crippen LogP contribution in [0, 0.1) is 10.1 Å². The van der Waals surface area contributed by atoms with Crippen LogP contribution in [0.4, 0.5) is 11.4 Å². The molecule has 1 aromatic heterocycles. The number of carbonyl (C=O) groups is 1. The van der Waals surface area contributed by atoms with Crippen molar-refractivity contribution in [3.63, 3.8) is 0 Å². The predicted octanol–water partition coefficient (Wildman–Crippen LogP) is 4.89. The first-order chi connectivity index (χ1) is 14.0. The molecular weight excluding hydrogens is 388 g/mol. The highest BCUT2D eigenvalue weighted by molar-refractivity contribution is 7.99. The minimum Gasteiger partial charge on any atom is -0.329 e. The van der Waals surface area contributed by atoms with Gasteiger partial charge in [0, 0.05) is 36.8 Å². The number of nitro benzene ring substituents is 1. The number of amides is 1. The average molecular weight is 404 g/mol. The molecule has 1 heterocycles. The highest BCUT2D eigenvalue weighted by Gasteiger charge is 2.20. The van der Waals surface area contributed by atoms with Crippen LogP contribution < -0.4 is 5.32 Å². The van der Waals surface area contributed by atoms with E-state index in [2.05, 4.69) is 10.3 Å². The monoisotopic (exact) mass is 404 g/mol. The van der Waals surface area contributed by atoms with Gasteiger partial charge in [0.05, 0.1) is 9.82 Å². The molecule has 0 radical (unpaired) electrons. The first-order valence-electron chi connectivity index (χ1n) is 8.75. The van der Waals surface area contributed by atoms with Crippen LogP contribution in [0.15, 0.2) is 83.1 Å². The molecule has 8 heteroatoms. The highest BCUT2D eigenvalue weighted by Crippen LogP contribution is 2.34. The minimum absolute atomic E-state index is 0.135. The molecule has 144 valence electrons. The van der Waals surface area contributed by atoms with Crippen LogP contribution in [0.5, 0.6) is 0 Å². The summed E-state index contributed by atoms with van der Waals surface area (Å²) in [5.41, 5.74) is 0.709. The molecule has 0 unspecified atom stereocenters. The van der Waals surface area contributed by atoms with E-state index in [4.69, 9.17) is 0 Å². The maximum absolute atomic E-state index is 12.7. The van der Waals surface area contributed by atoms with Gasteiger partial charge in [-0.15, -0.1) is 0 Å². The second-order valence-corrected chi connectivity index (χ2v) is 7.39. The van der Waals surface area contributed by atoms with Gasteiger partial charge in [-0.1, -0.05) is 30.3 Å². The van der Waals surface area contributed by atoms with Crippen molar-refractivity contribution < 1.29 is 9.72 Å². The van der Waals surface area contributed by atoms with Crippen LogP contribution >= 0.6 is 11.8 Å². The van der Waals surface area contributed by atoms with Gasteiger partial charge in [0.25, 0.3) is 11.6 Å². The number of anilines is 1. The third-order valence-corrected chi connectivity index (χ3v) is 5.54. The normalized spacial score (nSPS) is 10.8. The molecule has 0 aliphatic heterocycles. The zero-order chi connectivity index (χ0) is 20.4. The molecule has 0 spiro atoms. The van der Waals surface area contributed by atoms with Crippen molar-refractivity contribution >= 4 is 39.8 Å². The minimum atomic E-state index is -0.488. The molecule has 0 saturated heterocycles. The highest BCUT2D eigenvalue weighted by atomic mass is 32.2. The smallest absolute Gasteiger partial charge is 0.284 e. The summed E-state index contributed by atoms with van der Waals surface area (Å²) < 4.78 is 1.77. The zero-order valence-corrected chi connectivity index (χ0v) is 16.2. The molecular formula is C21H16N4O3S. The Morgan fingerprint density at radius 1 is 1.10 bits per heavy atom. The van der Waals surface area contributed by atoms with Crippen LogP contribution in [-0.2, 0) is 7.05 Å². The Balaban J connectivity index is 1.60. The van der Waals surface area contributed by atoms with E-state index in [1.807, 2.05) is 43.4 Å². The first-order valence-corrected chi connectivity index (χ1v) is 9.57. The maximum atomic E-state index is 12.7. The molecule has 3 aromatic carbocycles. The Morgan fingerprint density at radius 3 is 2.62 bits per heavy atom. The second kappa shape index (κ2) is 7.76. The van der Waals surface area contributed by atoms with E-state index in [1.54, 1.807) is 35.2 Å². The number of benzene rings is 3. The van der Waals surface area contributed by atoms with Crippen LogP contribution in [0.25, 0.3) is 10.8 Å². The molecule has 1 amide bonds. The molecule has 1 N–H and O–H groups in total. The van der Waals surface area contributed by atoms with Crippen molar-refractivity contribution in [3.8, 4) is 0 Å². The molecule has 0 fully saturated rings. The van der Waals surface area contributed by atoms with Gasteiger partial charge in [-0.25, -0.2) is 4.98 Å². The Bertz CT molecular complexity index is 1240. The number of rotatable bonds is 5. The Hall–Kier alpha value is -3.65. The summed E-state index contributed by atoms with van der Waals surface area (Å²) >= 11 is 1.18. The van der Waals surface area contributed by atoms with Gasteiger partial charge in [-0.3, -0.25) is 14.9 Å². The largest absolute Gasteiger partial charge is 0.329 e. The van der Waals surface area contributed by atoms with E-state index in [0.717, 1.165) is 10.8 Å². The lowest BCUT2D eigenvalue weighted by Gasteiger charge is -2.08. The average Bonchev–Trinajstić information content (AvgIpc) is 3.12. The van der Waals surface area contributed by atoms with E-state index >= 15 is 0 Å². The van der Waals surface area contributed by atoms with Gasteiger partial charge >= 0.3 is 0 Å². The topological polar surface area (TPSA) is 90.1 Å². The van der Waals surface area contributed by atoms with Crippen LogP contribution in [0.3, 0.4) is 0 Å². The Morgan fingerprint density at radius 2 is 1.90 bits per heavy atom. The lowest BCUT2D eigenvalue weighted by Crippen LogP contribution is -2.12. The summed E-state index contributed by atoms with van der Waals surface area (Å²) in [6, 6.07) is 17.9. The number of nitrogens with one attached hydrogen (secondary N) is 1. The fourth-order valence-electron chi connectivity index (χ4n) is 2.91. The SMILES string of the molecule is Cn1ccnc1Sc1ccc(C(=O)Nc2ccc3ccccc3c2)cc1[N+](=O)[O-]. The van der Waals surface area contributed by atoms with Crippen LogP contribution in [-0.4, -0.2) is 20.4 Å². The number of nitro groups is 1. The van der Waals surface area contributed by atoms with Gasteiger partial charge in [0.1, 0.15) is 0 Å². The molecule has 0 bridgehead atoms. The van der Waals surface area contributed by atoms with Crippen molar-refractivity contribution in [2.75, 3.05) is 5.32 Å². The van der Waals surface area contributed by atoms with E-state index in [1.165, 1.54) is 17.8 Å². The van der Waals surface area contributed by atoms with Gasteiger partial charge in [0.15, 0.2) is 5.16 Å². The molecule has 0 aliphatic rings. The fraction of sp³-hybridized carbons (Fsp3) is 0.0476. The van der Waals surface area contributed by atoms with E-state index in [0.29, 0.717) is 15.7 Å². The standard InChI is InChI=1S/C21H16N4O3S/c1-24-11-10-22-21(24)29-19-9-7-16(13-18(19)25(27)28)20(26)23-17-8-6-14-4-2-3-5-15(14)12-17/h2-13H,1H3,(H,23,26). The summed E-state index contributed by atoms with van der Waals surface area (Å²) in [6.07, 6.45) is 3.39. The van der Waals surface area contributed by atoms with Gasteiger partial charge in [-0.2, -0.15) is 0 Å². The summed E-state index contributed by atoms with van der Waals surface area (Å²) in [4.78, 5) is 28.3. The fourth-order valence-corrected chi connectivity index (χ4v) is 3.80. The number of hydrogen-bond donors (Lipinski definition) is 1. The predicted molar refractivity (Wildman–Crippen MR) is 112 cm³/mol. The quantitative estimate of drug-likeness (QED) is 0.378. The number of imidazole rings is 1. The van der Waals surface area contributed by atoms with Crippen LogP contribution in [0.1, 0.15) is 10.4 Å². The van der Waals surface area contributed by atoms with Crippen molar-refractivity contribution in [2.45, 2.75) is 10.1 Å². The molecule has 7 nitrogen and oxygen atoms in total. The van der Waals surface area contributed by atoms with Crippen molar-refractivity contribution in [2.24, 2.45) is 7.05 Å². The Kier molecular flexibility index (Phi) is 5.01. The summed E-state index contributed by atoms with van der Waals surface area (Å²) in [5.74, 6) is -0.406. The lowest BCUT2D eigenvalue weighted by atomic mass is 10.1. The lowest BCUT2D eigenvalue weighted by molar-refractivity contribution is -0.387. The number of nitrogens with zero attached hydrogens (tertiary/aromatic N) is 3. The summed E-state index contributed by atoms with van der Waals surface area (Å²) in [7, 11) is 1.81. The zero-order valence-electron chi connectivity index (χ0n) is 15.4. The maximum Gasteiger partial charge on any atom is 0.284 e. The third-order valence-electron chi connectivity index (χ3n) is 4.40. The number of fused-ring (bicyclic) bond motifs is 1. The second-order valence-electron chi connectivity index (χ2n) is 6.38. The molecule has 0 aliphatic carbocycles. The van der Waals surface area contributed by atoms with E-state index in [9.17, 15) is 14.9 Å². The van der Waals surface area contributed by atoms with E-state index in [-0.39, 0.29) is 11.3 Å². The number of hydrogen-bond acceptors (Lipinski definition) is 5. The first kappa shape index (κ1) is 18.7.